The Morgan fingerprint density at radius 3 is 2.81 bits per heavy atom. The first-order valence-corrected chi connectivity index (χ1v) is 9.35. The third kappa shape index (κ3) is 3.77. The molecule has 1 amide bonds. The van der Waals surface area contributed by atoms with Crippen molar-refractivity contribution in [2.75, 3.05) is 19.9 Å². The van der Waals surface area contributed by atoms with Gasteiger partial charge in [-0.2, -0.15) is 0 Å². The van der Waals surface area contributed by atoms with Gasteiger partial charge in [0.05, 0.1) is 12.6 Å². The first-order valence-electron chi connectivity index (χ1n) is 9.35. The maximum atomic E-state index is 12.8. The number of carbonyl (C=O) groups excluding carboxylic acids is 1. The molecule has 1 atom stereocenters. The summed E-state index contributed by atoms with van der Waals surface area (Å²) in [4.78, 5) is 14.7. The Bertz CT molecular complexity index is 844. The van der Waals surface area contributed by atoms with Crippen LogP contribution in [-0.4, -0.2) is 30.8 Å². The molecule has 0 bridgehead atoms. The average molecular weight is 365 g/mol. The molecule has 2 aromatic rings. The highest BCUT2D eigenvalue weighted by Crippen LogP contribution is 2.34. The number of amides is 1. The average Bonchev–Trinajstić information content (AvgIpc) is 3.36. The van der Waals surface area contributed by atoms with Gasteiger partial charge in [-0.1, -0.05) is 18.2 Å². The van der Waals surface area contributed by atoms with Gasteiger partial charge in [0.2, 0.25) is 12.7 Å². The predicted molar refractivity (Wildman–Crippen MR) is 103 cm³/mol. The van der Waals surface area contributed by atoms with Crippen molar-refractivity contribution < 1.29 is 19.0 Å². The van der Waals surface area contributed by atoms with Crippen LogP contribution in [-0.2, 0) is 4.79 Å². The van der Waals surface area contributed by atoms with Gasteiger partial charge in [0.15, 0.2) is 11.5 Å². The molecule has 0 radical (unpaired) electrons. The number of benzene rings is 2. The van der Waals surface area contributed by atoms with Crippen molar-refractivity contribution in [1.82, 2.24) is 4.90 Å². The second-order valence-electron chi connectivity index (χ2n) is 6.64. The molecule has 2 heterocycles. The third-order valence-electron chi connectivity index (χ3n) is 4.93. The van der Waals surface area contributed by atoms with Gasteiger partial charge in [-0.05, 0) is 61.2 Å². The van der Waals surface area contributed by atoms with E-state index in [1.165, 1.54) is 0 Å². The van der Waals surface area contributed by atoms with Gasteiger partial charge in [0.1, 0.15) is 5.75 Å². The van der Waals surface area contributed by atoms with Gasteiger partial charge in [-0.15, -0.1) is 0 Å². The van der Waals surface area contributed by atoms with Crippen LogP contribution in [0, 0.1) is 0 Å². The quantitative estimate of drug-likeness (QED) is 0.746. The number of ether oxygens (including phenoxy) is 3. The molecule has 0 saturated carbocycles. The smallest absolute Gasteiger partial charge is 0.247 e. The molecule has 2 aliphatic heterocycles. The Kier molecular flexibility index (Phi) is 5.01. The Morgan fingerprint density at radius 1 is 1.19 bits per heavy atom. The summed E-state index contributed by atoms with van der Waals surface area (Å²) in [6.07, 6.45) is 5.47. The zero-order valence-corrected chi connectivity index (χ0v) is 15.4. The molecule has 0 N–H and O–H groups in total. The minimum atomic E-state index is 0.0315. The number of hydrogen-bond donors (Lipinski definition) is 0. The molecule has 0 aliphatic carbocycles. The highest BCUT2D eigenvalue weighted by Gasteiger charge is 2.28. The van der Waals surface area contributed by atoms with E-state index in [2.05, 4.69) is 12.1 Å². The van der Waals surface area contributed by atoms with Crippen LogP contribution in [0.25, 0.3) is 6.08 Å². The fourth-order valence-electron chi connectivity index (χ4n) is 3.61. The molecule has 5 nitrogen and oxygen atoms in total. The highest BCUT2D eigenvalue weighted by molar-refractivity contribution is 5.92. The normalized spacial score (nSPS) is 18.3. The Balaban J connectivity index is 1.45. The van der Waals surface area contributed by atoms with Crippen molar-refractivity contribution in [3.63, 3.8) is 0 Å². The monoisotopic (exact) mass is 365 g/mol. The summed E-state index contributed by atoms with van der Waals surface area (Å²) in [6, 6.07) is 13.9. The topological polar surface area (TPSA) is 48.0 Å². The summed E-state index contributed by atoms with van der Waals surface area (Å²) in [5.41, 5.74) is 2.07. The van der Waals surface area contributed by atoms with Crippen molar-refractivity contribution in [1.29, 1.82) is 0 Å². The second kappa shape index (κ2) is 7.74. The molecule has 27 heavy (non-hydrogen) atoms. The molecular formula is C22H23NO4. The maximum Gasteiger partial charge on any atom is 0.247 e. The van der Waals surface area contributed by atoms with Gasteiger partial charge >= 0.3 is 0 Å². The number of fused-ring (bicyclic) bond motifs is 1. The van der Waals surface area contributed by atoms with Crippen LogP contribution in [0.2, 0.25) is 0 Å². The molecule has 1 fully saturated rings. The van der Waals surface area contributed by atoms with Crippen molar-refractivity contribution in [2.45, 2.75) is 25.8 Å². The second-order valence-corrected chi connectivity index (χ2v) is 6.64. The molecule has 0 spiro atoms. The summed E-state index contributed by atoms with van der Waals surface area (Å²) in [5.74, 6) is 2.36. The van der Waals surface area contributed by atoms with E-state index >= 15 is 0 Å². The fraction of sp³-hybridized carbons (Fsp3) is 0.318. The van der Waals surface area contributed by atoms with E-state index in [1.807, 2.05) is 48.2 Å². The van der Waals surface area contributed by atoms with Crippen LogP contribution in [0.1, 0.15) is 36.9 Å². The minimum Gasteiger partial charge on any atom is -0.494 e. The fourth-order valence-corrected chi connectivity index (χ4v) is 3.61. The van der Waals surface area contributed by atoms with E-state index < -0.39 is 0 Å². The lowest BCUT2D eigenvalue weighted by Gasteiger charge is -2.24. The summed E-state index contributed by atoms with van der Waals surface area (Å²) >= 11 is 0. The van der Waals surface area contributed by atoms with E-state index in [1.54, 1.807) is 6.08 Å². The van der Waals surface area contributed by atoms with Crippen molar-refractivity contribution in [3.8, 4) is 17.2 Å². The molecule has 2 aromatic carbocycles. The van der Waals surface area contributed by atoms with Crippen LogP contribution in [0.3, 0.4) is 0 Å². The van der Waals surface area contributed by atoms with Crippen molar-refractivity contribution in [3.05, 3.63) is 59.7 Å². The lowest BCUT2D eigenvalue weighted by molar-refractivity contribution is -0.126. The molecule has 5 heteroatoms. The maximum absolute atomic E-state index is 12.8. The molecule has 140 valence electrons. The third-order valence-corrected chi connectivity index (χ3v) is 4.93. The first-order chi connectivity index (χ1) is 13.2. The number of nitrogens with zero attached hydrogens (tertiary/aromatic N) is 1. The van der Waals surface area contributed by atoms with Crippen LogP contribution in [0.5, 0.6) is 17.2 Å². The molecule has 4 rings (SSSR count). The first kappa shape index (κ1) is 17.5. The van der Waals surface area contributed by atoms with E-state index in [4.69, 9.17) is 14.2 Å². The van der Waals surface area contributed by atoms with Gasteiger partial charge in [0.25, 0.3) is 0 Å². The summed E-state index contributed by atoms with van der Waals surface area (Å²) in [6.45, 7) is 3.65. The SMILES string of the molecule is CCOc1ccc(C2CCCN2C(=O)/C=C/c2ccc3c(c2)OCO3)cc1. The number of hydrogen-bond acceptors (Lipinski definition) is 4. The van der Waals surface area contributed by atoms with Gasteiger partial charge < -0.3 is 19.1 Å². The standard InChI is InChI=1S/C22H23NO4/c1-2-25-18-9-7-17(8-10-18)19-4-3-13-23(19)22(24)12-6-16-5-11-20-21(14-16)27-15-26-20/h5-12,14,19H,2-4,13,15H2,1H3/b12-6+. The van der Waals surface area contributed by atoms with Gasteiger partial charge in [-0.3, -0.25) is 4.79 Å². The summed E-state index contributed by atoms with van der Waals surface area (Å²) in [7, 11) is 0. The zero-order chi connectivity index (χ0) is 18.6. The molecule has 2 aliphatic rings. The van der Waals surface area contributed by atoms with Crippen LogP contribution in [0.4, 0.5) is 0 Å². The predicted octanol–water partition coefficient (Wildman–Crippen LogP) is 4.19. The minimum absolute atomic E-state index is 0.0315. The van der Waals surface area contributed by atoms with Crippen molar-refractivity contribution >= 4 is 12.0 Å². The van der Waals surface area contributed by atoms with Crippen molar-refractivity contribution in [2.24, 2.45) is 0 Å². The van der Waals surface area contributed by atoms with E-state index in [-0.39, 0.29) is 18.7 Å². The van der Waals surface area contributed by atoms with E-state index in [9.17, 15) is 4.79 Å². The molecule has 1 unspecified atom stereocenters. The van der Waals surface area contributed by atoms with E-state index in [0.29, 0.717) is 6.61 Å². The zero-order valence-electron chi connectivity index (χ0n) is 15.4. The lowest BCUT2D eigenvalue weighted by Crippen LogP contribution is -2.28. The molecular weight excluding hydrogens is 342 g/mol. The summed E-state index contributed by atoms with van der Waals surface area (Å²) < 4.78 is 16.2. The van der Waals surface area contributed by atoms with Crippen LogP contribution >= 0.6 is 0 Å². The van der Waals surface area contributed by atoms with Crippen LogP contribution in [0.15, 0.2) is 48.5 Å². The largest absolute Gasteiger partial charge is 0.494 e. The lowest BCUT2D eigenvalue weighted by atomic mass is 10.0. The highest BCUT2D eigenvalue weighted by atomic mass is 16.7. The number of carbonyl (C=O) groups is 1. The van der Waals surface area contributed by atoms with Crippen LogP contribution < -0.4 is 14.2 Å². The van der Waals surface area contributed by atoms with Gasteiger partial charge in [0, 0.05) is 12.6 Å². The molecule has 0 aromatic heterocycles. The van der Waals surface area contributed by atoms with Gasteiger partial charge in [-0.25, -0.2) is 0 Å². The number of rotatable bonds is 5. The number of likely N-dealkylation sites (tertiary alicyclic amines) is 1. The molecule has 1 saturated heterocycles. The Morgan fingerprint density at radius 2 is 2.00 bits per heavy atom. The van der Waals surface area contributed by atoms with E-state index in [0.717, 1.165) is 47.8 Å². The summed E-state index contributed by atoms with van der Waals surface area (Å²) in [5, 5.41) is 0. The Hall–Kier alpha value is -2.95. The Labute approximate surface area is 159 Å².